The quantitative estimate of drug-likeness (QED) is 0.465. The zero-order chi connectivity index (χ0) is 23.8. The van der Waals surface area contributed by atoms with Crippen molar-refractivity contribution in [3.05, 3.63) is 63.2 Å². The number of aromatic amines is 1. The number of nitrogens with one attached hydrogen (secondary N) is 2. The second-order valence-electron chi connectivity index (χ2n) is 9.54. The number of aryl methyl sites for hydroxylation is 1. The highest BCUT2D eigenvalue weighted by molar-refractivity contribution is 7.98. The van der Waals surface area contributed by atoms with Crippen LogP contribution in [0.15, 0.2) is 40.0 Å². The molecule has 176 valence electrons. The molecule has 3 N–H and O–H groups in total. The van der Waals surface area contributed by atoms with Crippen molar-refractivity contribution in [1.29, 1.82) is 0 Å². The van der Waals surface area contributed by atoms with Crippen molar-refractivity contribution in [2.75, 3.05) is 6.26 Å². The summed E-state index contributed by atoms with van der Waals surface area (Å²) in [5.74, 6) is 0.312. The third-order valence-corrected chi connectivity index (χ3v) is 7.76. The summed E-state index contributed by atoms with van der Waals surface area (Å²) in [4.78, 5) is 29.5. The van der Waals surface area contributed by atoms with Gasteiger partial charge in [-0.25, -0.2) is 0 Å². The minimum Gasteiger partial charge on any atom is -0.390 e. The normalized spacial score (nSPS) is 20.8. The molecule has 7 heteroatoms. The van der Waals surface area contributed by atoms with Crippen LogP contribution < -0.4 is 10.9 Å². The lowest BCUT2D eigenvalue weighted by atomic mass is 9.80. The smallest absolute Gasteiger partial charge is 0.254 e. The molecule has 1 fully saturated rings. The van der Waals surface area contributed by atoms with Crippen molar-refractivity contribution in [2.45, 2.75) is 70.0 Å². The number of hydrogen-bond donors (Lipinski definition) is 3. The van der Waals surface area contributed by atoms with E-state index in [1.807, 2.05) is 51.3 Å². The monoisotopic (exact) mass is 467 g/mol. The largest absolute Gasteiger partial charge is 0.390 e. The lowest BCUT2D eigenvalue weighted by molar-refractivity contribution is 0.00591. The Kier molecular flexibility index (Phi) is 6.73. The van der Waals surface area contributed by atoms with Crippen LogP contribution >= 0.6 is 11.8 Å². The molecule has 0 unspecified atom stereocenters. The number of carbonyl (C=O) groups excluding carboxylic acids is 1. The number of nitrogens with zero attached hydrogens (tertiary/aromatic N) is 1. The molecule has 0 aliphatic heterocycles. The van der Waals surface area contributed by atoms with Crippen LogP contribution in [0.4, 0.5) is 0 Å². The molecule has 0 spiro atoms. The van der Waals surface area contributed by atoms with Gasteiger partial charge in [-0.15, -0.1) is 11.8 Å². The van der Waals surface area contributed by atoms with Crippen molar-refractivity contribution >= 4 is 28.6 Å². The molecule has 0 bridgehead atoms. The van der Waals surface area contributed by atoms with Gasteiger partial charge in [0.05, 0.1) is 11.2 Å². The molecule has 0 radical (unpaired) electrons. The number of amides is 1. The number of rotatable bonds is 6. The number of fused-ring (bicyclic) bond motifs is 1. The molecule has 3 aromatic rings. The average Bonchev–Trinajstić information content (AvgIpc) is 3.05. The van der Waals surface area contributed by atoms with E-state index in [-0.39, 0.29) is 18.0 Å². The number of aliphatic hydroxyl groups is 1. The summed E-state index contributed by atoms with van der Waals surface area (Å²) in [6.45, 7) is 6.80. The Morgan fingerprint density at radius 1 is 1.27 bits per heavy atom. The second kappa shape index (κ2) is 9.39. The van der Waals surface area contributed by atoms with E-state index in [1.165, 1.54) is 11.8 Å². The van der Waals surface area contributed by atoms with Gasteiger partial charge in [0.25, 0.3) is 11.5 Å². The summed E-state index contributed by atoms with van der Waals surface area (Å²) < 4.78 is 2.25. The first-order valence-corrected chi connectivity index (χ1v) is 12.8. The van der Waals surface area contributed by atoms with Crippen LogP contribution in [0.25, 0.3) is 10.9 Å². The van der Waals surface area contributed by atoms with Gasteiger partial charge in [-0.1, -0.05) is 18.2 Å². The molecule has 2 heterocycles. The topological polar surface area (TPSA) is 87.1 Å². The molecule has 6 nitrogen and oxygen atoms in total. The van der Waals surface area contributed by atoms with Crippen molar-refractivity contribution in [3.8, 4) is 0 Å². The third-order valence-electron chi connectivity index (χ3n) is 6.96. The summed E-state index contributed by atoms with van der Waals surface area (Å²) >= 11 is 1.51. The van der Waals surface area contributed by atoms with E-state index in [9.17, 15) is 14.7 Å². The predicted molar refractivity (Wildman–Crippen MR) is 134 cm³/mol. The molecular weight excluding hydrogens is 434 g/mol. The van der Waals surface area contributed by atoms with Gasteiger partial charge in [0.2, 0.25) is 0 Å². The SMILES string of the molecule is CSc1cc(C)[nH]c(=O)c1CNC(=O)c1c(C)n(CC2CCC(C)(O)CC2)c2ccccc12. The van der Waals surface area contributed by atoms with Crippen molar-refractivity contribution in [1.82, 2.24) is 14.9 Å². The molecule has 0 saturated heterocycles. The Morgan fingerprint density at radius 2 is 1.97 bits per heavy atom. The first kappa shape index (κ1) is 23.6. The summed E-state index contributed by atoms with van der Waals surface area (Å²) in [6.07, 6.45) is 5.52. The highest BCUT2D eigenvalue weighted by Gasteiger charge is 2.30. The van der Waals surface area contributed by atoms with Gasteiger partial charge in [-0.2, -0.15) is 0 Å². The van der Waals surface area contributed by atoms with Crippen LogP contribution in [0, 0.1) is 19.8 Å². The third kappa shape index (κ3) is 4.89. The summed E-state index contributed by atoms with van der Waals surface area (Å²) in [5.41, 5.74) is 3.33. The van der Waals surface area contributed by atoms with Crippen LogP contribution in [-0.2, 0) is 13.1 Å². The van der Waals surface area contributed by atoms with Crippen LogP contribution in [0.3, 0.4) is 0 Å². The van der Waals surface area contributed by atoms with Crippen LogP contribution in [0.5, 0.6) is 0 Å². The first-order chi connectivity index (χ1) is 15.7. The van der Waals surface area contributed by atoms with E-state index in [2.05, 4.69) is 20.9 Å². The van der Waals surface area contributed by atoms with Gasteiger partial charge in [0.15, 0.2) is 0 Å². The number of thioether (sulfide) groups is 1. The van der Waals surface area contributed by atoms with E-state index in [0.717, 1.165) is 59.4 Å². The molecule has 1 aliphatic carbocycles. The highest BCUT2D eigenvalue weighted by atomic mass is 32.2. The number of H-pyrrole nitrogens is 1. The first-order valence-electron chi connectivity index (χ1n) is 11.6. The number of para-hydroxylation sites is 1. The summed E-state index contributed by atoms with van der Waals surface area (Å²) in [7, 11) is 0. The van der Waals surface area contributed by atoms with E-state index in [0.29, 0.717) is 17.0 Å². The number of benzene rings is 1. The molecule has 4 rings (SSSR count). The van der Waals surface area contributed by atoms with Crippen LogP contribution in [0.2, 0.25) is 0 Å². The zero-order valence-corrected chi connectivity index (χ0v) is 20.6. The van der Waals surface area contributed by atoms with Gasteiger partial charge in [-0.3, -0.25) is 9.59 Å². The van der Waals surface area contributed by atoms with Gasteiger partial charge in [-0.05, 0) is 70.8 Å². The lowest BCUT2D eigenvalue weighted by Gasteiger charge is -2.33. The van der Waals surface area contributed by atoms with Gasteiger partial charge >= 0.3 is 0 Å². The number of hydrogen-bond acceptors (Lipinski definition) is 4. The van der Waals surface area contributed by atoms with Crippen LogP contribution in [-0.4, -0.2) is 32.4 Å². The van der Waals surface area contributed by atoms with E-state index >= 15 is 0 Å². The molecule has 1 aliphatic rings. The molecule has 1 aromatic carbocycles. The van der Waals surface area contributed by atoms with Crippen molar-refractivity contribution in [3.63, 3.8) is 0 Å². The minimum absolute atomic E-state index is 0.160. The Labute approximate surface area is 198 Å². The molecule has 1 amide bonds. The highest BCUT2D eigenvalue weighted by Crippen LogP contribution is 2.35. The van der Waals surface area contributed by atoms with E-state index < -0.39 is 5.60 Å². The predicted octanol–water partition coefficient (Wildman–Crippen LogP) is 4.54. The summed E-state index contributed by atoms with van der Waals surface area (Å²) in [5, 5.41) is 14.2. The average molecular weight is 468 g/mol. The van der Waals surface area contributed by atoms with Crippen LogP contribution in [0.1, 0.15) is 59.9 Å². The molecule has 1 saturated carbocycles. The summed E-state index contributed by atoms with van der Waals surface area (Å²) in [6, 6.07) is 9.95. The maximum Gasteiger partial charge on any atom is 0.254 e. The maximum atomic E-state index is 13.3. The fraction of sp³-hybridized carbons (Fsp3) is 0.462. The maximum absolute atomic E-state index is 13.3. The van der Waals surface area contributed by atoms with E-state index in [4.69, 9.17) is 0 Å². The minimum atomic E-state index is -0.557. The Balaban J connectivity index is 1.60. The number of carbonyl (C=O) groups is 1. The standard InChI is InChI=1S/C26H33N3O3S/c1-16-13-22(33-4)20(24(30)28-16)14-27-25(31)23-17(2)29(21-8-6-5-7-19(21)23)15-18-9-11-26(3,32)12-10-18/h5-8,13,18,32H,9-12,14-15H2,1-4H3,(H,27,31)(H,28,30). The molecule has 0 atom stereocenters. The molecule has 2 aromatic heterocycles. The molecular formula is C26H33N3O3S. The fourth-order valence-corrected chi connectivity index (χ4v) is 5.69. The van der Waals surface area contributed by atoms with Gasteiger partial charge in [0, 0.05) is 45.8 Å². The van der Waals surface area contributed by atoms with Crippen molar-refractivity contribution < 1.29 is 9.90 Å². The number of aromatic nitrogens is 2. The van der Waals surface area contributed by atoms with Gasteiger partial charge in [0.1, 0.15) is 0 Å². The lowest BCUT2D eigenvalue weighted by Crippen LogP contribution is -2.32. The molecule has 33 heavy (non-hydrogen) atoms. The van der Waals surface area contributed by atoms with Gasteiger partial charge < -0.3 is 20.0 Å². The Hall–Kier alpha value is -2.51. The Morgan fingerprint density at radius 3 is 2.67 bits per heavy atom. The Bertz CT molecular complexity index is 1230. The number of pyridine rings is 1. The van der Waals surface area contributed by atoms with E-state index in [1.54, 1.807) is 0 Å². The zero-order valence-electron chi connectivity index (χ0n) is 19.8. The second-order valence-corrected chi connectivity index (χ2v) is 10.4. The van der Waals surface area contributed by atoms with Crippen molar-refractivity contribution in [2.24, 2.45) is 5.92 Å². The fourth-order valence-electron chi connectivity index (χ4n) is 4.99.